The Hall–Kier alpha value is -2.27. The van der Waals surface area contributed by atoms with Crippen LogP contribution in [0.4, 0.5) is 22.0 Å². The van der Waals surface area contributed by atoms with Gasteiger partial charge in [-0.1, -0.05) is 36.9 Å². The second-order valence-electron chi connectivity index (χ2n) is 6.40. The first kappa shape index (κ1) is 17.5. The molecule has 0 spiro atoms. The highest BCUT2D eigenvalue weighted by Gasteiger charge is 2.15. The maximum Gasteiger partial charge on any atom is 0.319 e. The SMILES string of the molecule is Cc1c(Cl)cccc1Nc1ccc(NC(=O)NC2CCCCC2)cn1. The van der Waals surface area contributed by atoms with Crippen LogP contribution < -0.4 is 16.0 Å². The standard InChI is InChI=1S/C19H23ClN4O/c1-13-16(20)8-5-9-17(13)24-18-11-10-15(12-21-18)23-19(25)22-14-6-3-2-4-7-14/h5,8-12,14H,2-4,6-7H2,1H3,(H,21,24)(H2,22,23,25). The van der Waals surface area contributed by atoms with E-state index in [1.165, 1.54) is 19.3 Å². The molecule has 1 aromatic carbocycles. The molecule has 1 aliphatic carbocycles. The Balaban J connectivity index is 1.56. The van der Waals surface area contributed by atoms with Crippen LogP contribution in [-0.4, -0.2) is 17.1 Å². The molecule has 2 amide bonds. The van der Waals surface area contributed by atoms with E-state index in [9.17, 15) is 4.79 Å². The molecule has 25 heavy (non-hydrogen) atoms. The molecule has 1 saturated carbocycles. The third-order valence-corrected chi connectivity index (χ3v) is 4.90. The van der Waals surface area contributed by atoms with E-state index in [0.29, 0.717) is 16.5 Å². The van der Waals surface area contributed by atoms with E-state index >= 15 is 0 Å². The molecule has 0 unspecified atom stereocenters. The summed E-state index contributed by atoms with van der Waals surface area (Å²) in [4.78, 5) is 16.4. The molecule has 5 nitrogen and oxygen atoms in total. The molecule has 3 rings (SSSR count). The quantitative estimate of drug-likeness (QED) is 0.700. The molecule has 2 aromatic rings. The van der Waals surface area contributed by atoms with Gasteiger partial charge in [-0.3, -0.25) is 0 Å². The summed E-state index contributed by atoms with van der Waals surface area (Å²) in [5.41, 5.74) is 2.55. The van der Waals surface area contributed by atoms with Crippen LogP contribution >= 0.6 is 11.6 Å². The minimum atomic E-state index is -0.167. The Bertz CT molecular complexity index is 727. The van der Waals surface area contributed by atoms with Gasteiger partial charge in [0.1, 0.15) is 5.82 Å². The number of benzene rings is 1. The van der Waals surface area contributed by atoms with Gasteiger partial charge >= 0.3 is 6.03 Å². The average Bonchev–Trinajstić information content (AvgIpc) is 2.61. The Morgan fingerprint density at radius 2 is 1.96 bits per heavy atom. The van der Waals surface area contributed by atoms with Crippen molar-refractivity contribution in [3.8, 4) is 0 Å². The van der Waals surface area contributed by atoms with Crippen molar-refractivity contribution in [1.82, 2.24) is 10.3 Å². The van der Waals surface area contributed by atoms with Gasteiger partial charge in [0, 0.05) is 16.8 Å². The number of hydrogen-bond acceptors (Lipinski definition) is 3. The van der Waals surface area contributed by atoms with Gasteiger partial charge in [-0.15, -0.1) is 0 Å². The molecule has 0 saturated heterocycles. The first-order valence-corrected chi connectivity index (χ1v) is 9.05. The summed E-state index contributed by atoms with van der Waals surface area (Å²) in [5.74, 6) is 0.698. The normalized spacial score (nSPS) is 14.8. The summed E-state index contributed by atoms with van der Waals surface area (Å²) < 4.78 is 0. The molecular weight excluding hydrogens is 336 g/mol. The highest BCUT2D eigenvalue weighted by atomic mass is 35.5. The number of rotatable bonds is 4. The number of amides is 2. The lowest BCUT2D eigenvalue weighted by molar-refractivity contribution is 0.244. The first-order chi connectivity index (χ1) is 12.1. The summed E-state index contributed by atoms with van der Waals surface area (Å²) >= 11 is 6.13. The third kappa shape index (κ3) is 4.86. The van der Waals surface area contributed by atoms with E-state index in [4.69, 9.17) is 11.6 Å². The Kier molecular flexibility index (Phi) is 5.76. The number of hydrogen-bond donors (Lipinski definition) is 3. The van der Waals surface area contributed by atoms with Crippen LogP contribution in [0.2, 0.25) is 5.02 Å². The number of carbonyl (C=O) groups is 1. The number of halogens is 1. The highest BCUT2D eigenvalue weighted by molar-refractivity contribution is 6.31. The van der Waals surface area contributed by atoms with Crippen LogP contribution in [0.15, 0.2) is 36.5 Å². The van der Waals surface area contributed by atoms with Crippen molar-refractivity contribution in [2.45, 2.75) is 45.1 Å². The van der Waals surface area contributed by atoms with Crippen molar-refractivity contribution >= 4 is 34.8 Å². The zero-order chi connectivity index (χ0) is 17.6. The number of urea groups is 1. The first-order valence-electron chi connectivity index (χ1n) is 8.67. The van der Waals surface area contributed by atoms with Crippen molar-refractivity contribution in [1.29, 1.82) is 0 Å². The van der Waals surface area contributed by atoms with Crippen LogP contribution in [0.1, 0.15) is 37.7 Å². The van der Waals surface area contributed by atoms with Crippen LogP contribution in [0.5, 0.6) is 0 Å². The van der Waals surface area contributed by atoms with Crippen LogP contribution in [0.25, 0.3) is 0 Å². The molecule has 6 heteroatoms. The zero-order valence-electron chi connectivity index (χ0n) is 14.3. The minimum absolute atomic E-state index is 0.167. The van der Waals surface area contributed by atoms with Crippen molar-refractivity contribution in [3.63, 3.8) is 0 Å². The zero-order valence-corrected chi connectivity index (χ0v) is 15.1. The van der Waals surface area contributed by atoms with Gasteiger partial charge in [0.15, 0.2) is 0 Å². The molecule has 1 fully saturated rings. The number of nitrogens with one attached hydrogen (secondary N) is 3. The minimum Gasteiger partial charge on any atom is -0.340 e. The largest absolute Gasteiger partial charge is 0.340 e. The van der Waals surface area contributed by atoms with E-state index < -0.39 is 0 Å². The van der Waals surface area contributed by atoms with E-state index in [-0.39, 0.29) is 12.1 Å². The van der Waals surface area contributed by atoms with Crippen LogP contribution in [0.3, 0.4) is 0 Å². The molecule has 1 aliphatic rings. The fraction of sp³-hybridized carbons (Fsp3) is 0.368. The lowest BCUT2D eigenvalue weighted by atomic mass is 9.96. The fourth-order valence-electron chi connectivity index (χ4n) is 3.02. The average molecular weight is 359 g/mol. The monoisotopic (exact) mass is 358 g/mol. The van der Waals surface area contributed by atoms with E-state index in [1.54, 1.807) is 6.20 Å². The number of pyridine rings is 1. The fourth-order valence-corrected chi connectivity index (χ4v) is 3.20. The molecule has 132 valence electrons. The summed E-state index contributed by atoms with van der Waals surface area (Å²) in [6.07, 6.45) is 7.42. The molecule has 0 aliphatic heterocycles. The molecule has 1 heterocycles. The maximum atomic E-state index is 12.1. The van der Waals surface area contributed by atoms with Gasteiger partial charge in [0.25, 0.3) is 0 Å². The van der Waals surface area contributed by atoms with Crippen molar-refractivity contribution in [3.05, 3.63) is 47.1 Å². The number of aromatic nitrogens is 1. The number of carbonyl (C=O) groups excluding carboxylic acids is 1. The van der Waals surface area contributed by atoms with Crippen molar-refractivity contribution in [2.24, 2.45) is 0 Å². The van der Waals surface area contributed by atoms with Gasteiger partial charge in [-0.05, 0) is 49.6 Å². The second-order valence-corrected chi connectivity index (χ2v) is 6.81. The summed E-state index contributed by atoms with van der Waals surface area (Å²) in [6.45, 7) is 1.95. The van der Waals surface area contributed by atoms with Gasteiger partial charge in [-0.25, -0.2) is 9.78 Å². The summed E-state index contributed by atoms with van der Waals surface area (Å²) in [7, 11) is 0. The van der Waals surface area contributed by atoms with Gasteiger partial charge in [0.05, 0.1) is 11.9 Å². The van der Waals surface area contributed by atoms with Crippen molar-refractivity contribution in [2.75, 3.05) is 10.6 Å². The van der Waals surface area contributed by atoms with Crippen LogP contribution in [0, 0.1) is 6.92 Å². The molecule has 0 radical (unpaired) electrons. The Labute approximate surface area is 153 Å². The number of anilines is 3. The molecule has 1 aromatic heterocycles. The maximum absolute atomic E-state index is 12.1. The summed E-state index contributed by atoms with van der Waals surface area (Å²) in [5, 5.41) is 9.81. The lowest BCUT2D eigenvalue weighted by Crippen LogP contribution is -2.39. The molecular formula is C19H23ClN4O. The topological polar surface area (TPSA) is 66.0 Å². The Morgan fingerprint density at radius 1 is 1.16 bits per heavy atom. The van der Waals surface area contributed by atoms with Crippen LogP contribution in [-0.2, 0) is 0 Å². The lowest BCUT2D eigenvalue weighted by Gasteiger charge is -2.22. The summed E-state index contributed by atoms with van der Waals surface area (Å²) in [6, 6.07) is 9.48. The van der Waals surface area contributed by atoms with Gasteiger partial charge in [0.2, 0.25) is 0 Å². The third-order valence-electron chi connectivity index (χ3n) is 4.49. The molecule has 0 bridgehead atoms. The predicted octanol–water partition coefficient (Wildman–Crippen LogP) is 5.24. The molecule has 0 atom stereocenters. The number of nitrogens with zero attached hydrogens (tertiary/aromatic N) is 1. The molecule has 3 N–H and O–H groups in total. The van der Waals surface area contributed by atoms with E-state index in [2.05, 4.69) is 20.9 Å². The van der Waals surface area contributed by atoms with E-state index in [0.717, 1.165) is 24.1 Å². The van der Waals surface area contributed by atoms with Crippen molar-refractivity contribution < 1.29 is 4.79 Å². The van der Waals surface area contributed by atoms with Gasteiger partial charge in [-0.2, -0.15) is 0 Å². The van der Waals surface area contributed by atoms with E-state index in [1.807, 2.05) is 37.3 Å². The van der Waals surface area contributed by atoms with Gasteiger partial charge < -0.3 is 16.0 Å². The predicted molar refractivity (Wildman–Crippen MR) is 103 cm³/mol. The Morgan fingerprint density at radius 3 is 2.68 bits per heavy atom. The highest BCUT2D eigenvalue weighted by Crippen LogP contribution is 2.25. The second kappa shape index (κ2) is 8.21. The smallest absolute Gasteiger partial charge is 0.319 e.